The molecular weight excluding hydrogens is 364 g/mol. The van der Waals surface area contributed by atoms with E-state index in [2.05, 4.69) is 15.9 Å². The number of rotatable bonds is 4. The first-order chi connectivity index (χ1) is 14.1. The average molecular weight is 399 g/mol. The topological polar surface area (TPSA) is 45.9 Å². The van der Waals surface area contributed by atoms with Gasteiger partial charge in [0.2, 0.25) is 5.76 Å². The third kappa shape index (κ3) is 3.79. The SMILES string of the molecule is CC(C)OC(=O)c1ccc(CN2CCCC3=CC4CC(CN5CCCC[C@H]45)[C@@H]32)o1. The van der Waals surface area contributed by atoms with Crippen molar-refractivity contribution in [3.63, 3.8) is 0 Å². The van der Waals surface area contributed by atoms with Crippen LogP contribution in [0.25, 0.3) is 0 Å². The van der Waals surface area contributed by atoms with E-state index in [0.29, 0.717) is 11.8 Å². The highest BCUT2D eigenvalue weighted by atomic mass is 16.6. The first-order valence-corrected chi connectivity index (χ1v) is 11.6. The van der Waals surface area contributed by atoms with Gasteiger partial charge in [0, 0.05) is 18.6 Å². The Morgan fingerprint density at radius 2 is 2.14 bits per heavy atom. The predicted molar refractivity (Wildman–Crippen MR) is 112 cm³/mol. The van der Waals surface area contributed by atoms with Crippen molar-refractivity contribution in [1.29, 1.82) is 0 Å². The van der Waals surface area contributed by atoms with Gasteiger partial charge in [0.25, 0.3) is 0 Å². The molecule has 4 atom stereocenters. The van der Waals surface area contributed by atoms with Crippen molar-refractivity contribution in [2.45, 2.75) is 77.1 Å². The molecule has 1 aromatic rings. The van der Waals surface area contributed by atoms with Crippen LogP contribution in [0.3, 0.4) is 0 Å². The fraction of sp³-hybridized carbons (Fsp3) is 0.708. The standard InChI is InChI=1S/C24H34N2O3/c1-16(2)28-24(27)22-9-8-20(29-22)15-26-11-5-6-17-12-18-13-19(23(17)26)14-25-10-4-3-7-21(18)25/h8-9,12,16,18-19,21,23H,3-7,10-11,13-15H2,1-2H3/t18?,19?,21-,23-/m1/s1. The van der Waals surface area contributed by atoms with E-state index in [0.717, 1.165) is 36.7 Å². The van der Waals surface area contributed by atoms with Gasteiger partial charge in [-0.3, -0.25) is 9.80 Å². The summed E-state index contributed by atoms with van der Waals surface area (Å²) in [6.45, 7) is 8.14. The molecule has 1 aliphatic carbocycles. The highest BCUT2D eigenvalue weighted by Gasteiger charge is 2.45. The number of nitrogens with zero attached hydrogens (tertiary/aromatic N) is 2. The molecule has 0 radical (unpaired) electrons. The number of hydrogen-bond donors (Lipinski definition) is 0. The fourth-order valence-corrected chi connectivity index (χ4v) is 6.31. The Morgan fingerprint density at radius 1 is 1.24 bits per heavy atom. The van der Waals surface area contributed by atoms with Crippen LogP contribution in [-0.4, -0.2) is 53.6 Å². The quantitative estimate of drug-likeness (QED) is 0.561. The summed E-state index contributed by atoms with van der Waals surface area (Å²) in [5.41, 5.74) is 1.67. The maximum Gasteiger partial charge on any atom is 0.374 e. The second-order valence-corrected chi connectivity index (χ2v) is 9.70. The number of piperidine rings is 3. The Hall–Kier alpha value is -1.59. The zero-order chi connectivity index (χ0) is 20.0. The molecule has 0 N–H and O–H groups in total. The third-order valence-corrected chi connectivity index (χ3v) is 7.33. The first kappa shape index (κ1) is 19.4. The number of likely N-dealkylation sites (tertiary alicyclic amines) is 1. The number of carbonyl (C=O) groups is 1. The molecule has 3 saturated heterocycles. The van der Waals surface area contributed by atoms with Crippen LogP contribution in [0.5, 0.6) is 0 Å². The number of fused-ring (bicyclic) bond motifs is 6. The van der Waals surface area contributed by atoms with E-state index in [1.807, 2.05) is 19.9 Å². The summed E-state index contributed by atoms with van der Waals surface area (Å²) in [6.07, 6.45) is 10.5. The molecule has 5 rings (SSSR count). The third-order valence-electron chi connectivity index (χ3n) is 7.33. The van der Waals surface area contributed by atoms with Crippen molar-refractivity contribution in [2.24, 2.45) is 11.8 Å². The van der Waals surface area contributed by atoms with E-state index in [1.54, 1.807) is 11.6 Å². The van der Waals surface area contributed by atoms with Crippen molar-refractivity contribution in [3.05, 3.63) is 35.3 Å². The van der Waals surface area contributed by atoms with E-state index in [1.165, 1.54) is 51.6 Å². The molecule has 0 saturated carbocycles. The molecule has 29 heavy (non-hydrogen) atoms. The molecule has 0 aromatic carbocycles. The normalized spacial score (nSPS) is 32.4. The summed E-state index contributed by atoms with van der Waals surface area (Å²) in [7, 11) is 0. The molecule has 5 nitrogen and oxygen atoms in total. The molecule has 4 aliphatic rings. The Kier molecular flexibility index (Phi) is 5.29. The molecule has 0 spiro atoms. The van der Waals surface area contributed by atoms with Gasteiger partial charge in [-0.1, -0.05) is 18.1 Å². The highest BCUT2D eigenvalue weighted by molar-refractivity contribution is 5.86. The van der Waals surface area contributed by atoms with Gasteiger partial charge in [0.05, 0.1) is 12.6 Å². The second kappa shape index (κ2) is 7.92. The van der Waals surface area contributed by atoms with Crippen LogP contribution in [0.1, 0.15) is 68.7 Å². The van der Waals surface area contributed by atoms with Crippen molar-refractivity contribution >= 4 is 5.97 Å². The first-order valence-electron chi connectivity index (χ1n) is 11.6. The van der Waals surface area contributed by atoms with Gasteiger partial charge in [0.1, 0.15) is 5.76 Å². The number of hydrogen-bond acceptors (Lipinski definition) is 5. The van der Waals surface area contributed by atoms with E-state index >= 15 is 0 Å². The van der Waals surface area contributed by atoms with E-state index in [9.17, 15) is 4.79 Å². The maximum absolute atomic E-state index is 12.1. The Bertz CT molecular complexity index is 783. The number of ether oxygens (including phenoxy) is 1. The van der Waals surface area contributed by atoms with Gasteiger partial charge in [-0.15, -0.1) is 0 Å². The van der Waals surface area contributed by atoms with E-state index in [-0.39, 0.29) is 12.1 Å². The molecule has 1 aromatic heterocycles. The summed E-state index contributed by atoms with van der Waals surface area (Å²) in [5, 5.41) is 0. The molecule has 4 heterocycles. The molecule has 5 heteroatoms. The van der Waals surface area contributed by atoms with Crippen LogP contribution in [0.4, 0.5) is 0 Å². The van der Waals surface area contributed by atoms with Crippen LogP contribution in [0, 0.1) is 11.8 Å². The van der Waals surface area contributed by atoms with Crippen molar-refractivity contribution < 1.29 is 13.9 Å². The number of furan rings is 1. The van der Waals surface area contributed by atoms with Crippen LogP contribution in [0.15, 0.2) is 28.2 Å². The lowest BCUT2D eigenvalue weighted by molar-refractivity contribution is -0.00421. The predicted octanol–water partition coefficient (Wildman–Crippen LogP) is 4.24. The Morgan fingerprint density at radius 3 is 3.00 bits per heavy atom. The van der Waals surface area contributed by atoms with Crippen molar-refractivity contribution in [1.82, 2.24) is 9.80 Å². The minimum absolute atomic E-state index is 0.133. The van der Waals surface area contributed by atoms with Gasteiger partial charge in [-0.25, -0.2) is 4.79 Å². The fourth-order valence-electron chi connectivity index (χ4n) is 6.31. The van der Waals surface area contributed by atoms with Crippen LogP contribution in [0.2, 0.25) is 0 Å². The summed E-state index contributed by atoms with van der Waals surface area (Å²) >= 11 is 0. The highest BCUT2D eigenvalue weighted by Crippen LogP contribution is 2.45. The zero-order valence-electron chi connectivity index (χ0n) is 17.8. The molecule has 3 aliphatic heterocycles. The van der Waals surface area contributed by atoms with Crippen molar-refractivity contribution in [3.8, 4) is 0 Å². The lowest BCUT2D eigenvalue weighted by Gasteiger charge is -2.54. The summed E-state index contributed by atoms with van der Waals surface area (Å²) < 4.78 is 11.1. The minimum Gasteiger partial charge on any atom is -0.457 e. The summed E-state index contributed by atoms with van der Waals surface area (Å²) in [5.74, 6) is 2.32. The summed E-state index contributed by atoms with van der Waals surface area (Å²) in [6, 6.07) is 5.04. The van der Waals surface area contributed by atoms with Gasteiger partial charge in [0.15, 0.2) is 0 Å². The van der Waals surface area contributed by atoms with Gasteiger partial charge >= 0.3 is 5.97 Å². The molecule has 158 valence electrons. The number of carbonyl (C=O) groups excluding carboxylic acids is 1. The average Bonchev–Trinajstić information content (AvgIpc) is 3.16. The van der Waals surface area contributed by atoms with E-state index < -0.39 is 0 Å². The van der Waals surface area contributed by atoms with Gasteiger partial charge in [-0.05, 0) is 83.0 Å². The Balaban J connectivity index is 1.32. The van der Waals surface area contributed by atoms with Crippen LogP contribution < -0.4 is 0 Å². The van der Waals surface area contributed by atoms with Gasteiger partial charge in [-0.2, -0.15) is 0 Å². The van der Waals surface area contributed by atoms with Crippen LogP contribution >= 0.6 is 0 Å². The van der Waals surface area contributed by atoms with E-state index in [4.69, 9.17) is 9.15 Å². The smallest absolute Gasteiger partial charge is 0.374 e. The molecule has 0 amide bonds. The molecular formula is C24H34N2O3. The monoisotopic (exact) mass is 398 g/mol. The second-order valence-electron chi connectivity index (χ2n) is 9.70. The minimum atomic E-state index is -0.366. The largest absolute Gasteiger partial charge is 0.457 e. The Labute approximate surface area is 174 Å². The zero-order valence-corrected chi connectivity index (χ0v) is 17.8. The molecule has 3 fully saturated rings. The molecule has 2 unspecified atom stereocenters. The number of esters is 1. The van der Waals surface area contributed by atoms with Crippen molar-refractivity contribution in [2.75, 3.05) is 19.6 Å². The summed E-state index contributed by atoms with van der Waals surface area (Å²) in [4.78, 5) is 17.5. The van der Waals surface area contributed by atoms with Crippen LogP contribution in [-0.2, 0) is 11.3 Å². The lowest BCUT2D eigenvalue weighted by atomic mass is 9.68. The molecule has 2 bridgehead atoms. The maximum atomic E-state index is 12.1. The lowest BCUT2D eigenvalue weighted by Crippen LogP contribution is -2.58. The van der Waals surface area contributed by atoms with Gasteiger partial charge < -0.3 is 9.15 Å².